The van der Waals surface area contributed by atoms with Crippen molar-refractivity contribution in [1.82, 2.24) is 4.57 Å². The van der Waals surface area contributed by atoms with Crippen LogP contribution in [0, 0.1) is 0 Å². The van der Waals surface area contributed by atoms with Crippen molar-refractivity contribution in [3.8, 4) is 0 Å². The van der Waals surface area contributed by atoms with E-state index in [0.29, 0.717) is 0 Å². The third kappa shape index (κ3) is 2.09. The van der Waals surface area contributed by atoms with Crippen molar-refractivity contribution >= 4 is 21.6 Å². The van der Waals surface area contributed by atoms with E-state index in [4.69, 9.17) is 0 Å². The minimum Gasteiger partial charge on any atom is -0.298 e. The predicted octanol–water partition coefficient (Wildman–Crippen LogP) is 3.31. The summed E-state index contributed by atoms with van der Waals surface area (Å²) < 4.78 is 2.93. The fraction of sp³-hybridized carbons (Fsp3) is 0.133. The molecule has 0 aliphatic rings. The van der Waals surface area contributed by atoms with Gasteiger partial charge in [-0.2, -0.15) is 0 Å². The first-order chi connectivity index (χ1) is 8.84. The summed E-state index contributed by atoms with van der Waals surface area (Å²) in [6, 6.07) is 18.2. The molecular formula is C15H13NOS. The molecule has 0 unspecified atom stereocenters. The Morgan fingerprint density at radius 3 is 2.50 bits per heavy atom. The summed E-state index contributed by atoms with van der Waals surface area (Å²) >= 11 is 1.32. The Morgan fingerprint density at radius 1 is 0.944 bits per heavy atom. The zero-order valence-electron chi connectivity index (χ0n) is 9.87. The Balaban J connectivity index is 1.91. The van der Waals surface area contributed by atoms with Gasteiger partial charge in [0.2, 0.25) is 0 Å². The number of nitrogens with zero attached hydrogens (tertiary/aromatic N) is 1. The molecule has 3 aromatic rings. The monoisotopic (exact) mass is 255 g/mol. The molecule has 3 rings (SSSR count). The molecule has 0 fully saturated rings. The molecule has 0 spiro atoms. The topological polar surface area (TPSA) is 22.0 Å². The third-order valence-electron chi connectivity index (χ3n) is 3.04. The molecule has 0 saturated heterocycles. The van der Waals surface area contributed by atoms with E-state index in [-0.39, 0.29) is 4.87 Å². The van der Waals surface area contributed by atoms with Gasteiger partial charge in [-0.05, 0) is 24.1 Å². The van der Waals surface area contributed by atoms with Gasteiger partial charge < -0.3 is 0 Å². The minimum atomic E-state index is 0.132. The minimum absolute atomic E-state index is 0.132. The average molecular weight is 255 g/mol. The van der Waals surface area contributed by atoms with Gasteiger partial charge in [0, 0.05) is 6.54 Å². The van der Waals surface area contributed by atoms with Gasteiger partial charge in [0.05, 0.1) is 10.2 Å². The molecule has 0 saturated carbocycles. The third-order valence-corrected chi connectivity index (χ3v) is 4.00. The zero-order chi connectivity index (χ0) is 12.4. The molecule has 2 nitrogen and oxygen atoms in total. The lowest BCUT2D eigenvalue weighted by atomic mass is 10.1. The van der Waals surface area contributed by atoms with Gasteiger partial charge in [0.1, 0.15) is 0 Å². The average Bonchev–Trinajstić information content (AvgIpc) is 2.73. The number of hydrogen-bond acceptors (Lipinski definition) is 2. The molecule has 1 heterocycles. The van der Waals surface area contributed by atoms with Crippen LogP contribution in [0.2, 0.25) is 0 Å². The van der Waals surface area contributed by atoms with Crippen molar-refractivity contribution in [2.75, 3.05) is 0 Å². The largest absolute Gasteiger partial charge is 0.308 e. The molecule has 0 radical (unpaired) electrons. The lowest BCUT2D eigenvalue weighted by molar-refractivity contribution is 0.709. The standard InChI is InChI=1S/C15H13NOS/c17-15-16(11-10-12-6-2-1-3-7-12)13-8-4-5-9-14(13)18-15/h1-9H,10-11H2. The molecular weight excluding hydrogens is 242 g/mol. The number of fused-ring (bicyclic) bond motifs is 1. The highest BCUT2D eigenvalue weighted by molar-refractivity contribution is 7.16. The summed E-state index contributed by atoms with van der Waals surface area (Å²) in [5, 5.41) is 0. The quantitative estimate of drug-likeness (QED) is 0.704. The molecule has 0 bridgehead atoms. The van der Waals surface area contributed by atoms with Crippen LogP contribution in [0.5, 0.6) is 0 Å². The van der Waals surface area contributed by atoms with Crippen LogP contribution in [-0.4, -0.2) is 4.57 Å². The van der Waals surface area contributed by atoms with Crippen LogP contribution >= 0.6 is 11.3 Å². The Labute approximate surface area is 109 Å². The van der Waals surface area contributed by atoms with Crippen LogP contribution in [0.25, 0.3) is 10.2 Å². The van der Waals surface area contributed by atoms with Crippen LogP contribution in [-0.2, 0) is 13.0 Å². The van der Waals surface area contributed by atoms with Crippen molar-refractivity contribution < 1.29 is 0 Å². The summed E-state index contributed by atoms with van der Waals surface area (Å²) in [5.74, 6) is 0. The normalized spacial score (nSPS) is 10.9. The number of rotatable bonds is 3. The van der Waals surface area contributed by atoms with E-state index in [1.165, 1.54) is 16.9 Å². The first-order valence-corrected chi connectivity index (χ1v) is 6.78. The van der Waals surface area contributed by atoms with E-state index in [1.54, 1.807) is 0 Å². The summed E-state index contributed by atoms with van der Waals surface area (Å²) in [5.41, 5.74) is 2.31. The van der Waals surface area contributed by atoms with Crippen molar-refractivity contribution in [2.45, 2.75) is 13.0 Å². The van der Waals surface area contributed by atoms with Gasteiger partial charge in [-0.25, -0.2) is 0 Å². The van der Waals surface area contributed by atoms with E-state index in [0.717, 1.165) is 23.2 Å². The smallest absolute Gasteiger partial charge is 0.298 e. The highest BCUT2D eigenvalue weighted by Gasteiger charge is 2.06. The van der Waals surface area contributed by atoms with E-state index >= 15 is 0 Å². The van der Waals surface area contributed by atoms with E-state index in [9.17, 15) is 4.79 Å². The van der Waals surface area contributed by atoms with E-state index in [1.807, 2.05) is 47.0 Å². The van der Waals surface area contributed by atoms with Gasteiger partial charge >= 0.3 is 4.87 Å². The SMILES string of the molecule is O=c1sc2ccccc2n1CCc1ccccc1. The van der Waals surface area contributed by atoms with Crippen molar-refractivity contribution in [3.05, 3.63) is 69.8 Å². The molecule has 0 aliphatic heterocycles. The Morgan fingerprint density at radius 2 is 1.67 bits per heavy atom. The number of thiazole rings is 1. The van der Waals surface area contributed by atoms with Crippen LogP contribution in [0.1, 0.15) is 5.56 Å². The fourth-order valence-electron chi connectivity index (χ4n) is 2.11. The lowest BCUT2D eigenvalue weighted by Crippen LogP contribution is -2.14. The Kier molecular flexibility index (Phi) is 2.99. The van der Waals surface area contributed by atoms with Gasteiger partial charge in [0.25, 0.3) is 0 Å². The maximum Gasteiger partial charge on any atom is 0.308 e. The molecule has 90 valence electrons. The number of hydrogen-bond donors (Lipinski definition) is 0. The first-order valence-electron chi connectivity index (χ1n) is 5.97. The molecule has 0 amide bonds. The molecule has 2 aromatic carbocycles. The molecule has 0 N–H and O–H groups in total. The number of aromatic nitrogens is 1. The second kappa shape index (κ2) is 4.78. The molecule has 3 heteroatoms. The van der Waals surface area contributed by atoms with Gasteiger partial charge in [-0.1, -0.05) is 53.8 Å². The predicted molar refractivity (Wildman–Crippen MR) is 76.2 cm³/mol. The van der Waals surface area contributed by atoms with Crippen LogP contribution in [0.15, 0.2) is 59.4 Å². The molecule has 0 aliphatic carbocycles. The van der Waals surface area contributed by atoms with E-state index < -0.39 is 0 Å². The second-order valence-corrected chi connectivity index (χ2v) is 5.22. The molecule has 18 heavy (non-hydrogen) atoms. The van der Waals surface area contributed by atoms with Crippen molar-refractivity contribution in [2.24, 2.45) is 0 Å². The lowest BCUT2D eigenvalue weighted by Gasteiger charge is -2.03. The maximum atomic E-state index is 11.9. The van der Waals surface area contributed by atoms with E-state index in [2.05, 4.69) is 12.1 Å². The summed E-state index contributed by atoms with van der Waals surface area (Å²) in [6.45, 7) is 0.743. The van der Waals surface area contributed by atoms with Crippen molar-refractivity contribution in [3.63, 3.8) is 0 Å². The van der Waals surface area contributed by atoms with Gasteiger partial charge in [-0.15, -0.1) is 0 Å². The first kappa shape index (κ1) is 11.2. The Hall–Kier alpha value is -1.87. The summed E-state index contributed by atoms with van der Waals surface area (Å²) in [4.78, 5) is 12.1. The van der Waals surface area contributed by atoms with Gasteiger partial charge in [0.15, 0.2) is 0 Å². The number of aryl methyl sites for hydroxylation is 2. The van der Waals surface area contributed by atoms with Crippen LogP contribution in [0.4, 0.5) is 0 Å². The van der Waals surface area contributed by atoms with Crippen molar-refractivity contribution in [1.29, 1.82) is 0 Å². The highest BCUT2D eigenvalue weighted by atomic mass is 32.1. The van der Waals surface area contributed by atoms with Crippen LogP contribution < -0.4 is 4.87 Å². The summed E-state index contributed by atoms with van der Waals surface area (Å²) in [7, 11) is 0. The Bertz CT molecular complexity index is 712. The molecule has 1 aromatic heterocycles. The highest BCUT2D eigenvalue weighted by Crippen LogP contribution is 2.16. The summed E-state index contributed by atoms with van der Waals surface area (Å²) in [6.07, 6.45) is 0.890. The molecule has 0 atom stereocenters. The fourth-order valence-corrected chi connectivity index (χ4v) is 3.03. The maximum absolute atomic E-state index is 11.9. The zero-order valence-corrected chi connectivity index (χ0v) is 10.7. The number of para-hydroxylation sites is 1. The second-order valence-electron chi connectivity index (χ2n) is 4.22. The van der Waals surface area contributed by atoms with Crippen LogP contribution in [0.3, 0.4) is 0 Å². The number of benzene rings is 2. The van der Waals surface area contributed by atoms with Gasteiger partial charge in [-0.3, -0.25) is 9.36 Å².